The Labute approximate surface area is 115 Å². The highest BCUT2D eigenvalue weighted by Gasteiger charge is 2.31. The molecule has 0 unspecified atom stereocenters. The average molecular weight is 346 g/mol. The predicted octanol–water partition coefficient (Wildman–Crippen LogP) is 3.83. The van der Waals surface area contributed by atoms with Crippen LogP contribution in [-0.2, 0) is 17.1 Å². The van der Waals surface area contributed by atoms with Gasteiger partial charge in [0.15, 0.2) is 0 Å². The summed E-state index contributed by atoms with van der Waals surface area (Å²) in [6.07, 6.45) is -4.73. The summed E-state index contributed by atoms with van der Waals surface area (Å²) in [6, 6.07) is 3.96. The molecular formula is C11H9BrClF3O2. The van der Waals surface area contributed by atoms with Gasteiger partial charge in [-0.1, -0.05) is 22.0 Å². The summed E-state index contributed by atoms with van der Waals surface area (Å²) in [4.78, 5) is 11.2. The van der Waals surface area contributed by atoms with E-state index in [-0.39, 0.29) is 29.2 Å². The van der Waals surface area contributed by atoms with Crippen molar-refractivity contribution in [3.05, 3.63) is 29.3 Å². The number of halogens is 5. The number of rotatable bonds is 5. The van der Waals surface area contributed by atoms with Crippen molar-refractivity contribution in [1.82, 2.24) is 0 Å². The lowest BCUT2D eigenvalue weighted by Crippen LogP contribution is -2.17. The smallest absolute Gasteiger partial charge is 0.406 e. The Hall–Kier alpha value is -0.750. The second-order valence-electron chi connectivity index (χ2n) is 3.52. The van der Waals surface area contributed by atoms with E-state index in [9.17, 15) is 18.0 Å². The molecule has 100 valence electrons. The highest BCUT2D eigenvalue weighted by atomic mass is 79.9. The zero-order chi connectivity index (χ0) is 13.8. The second kappa shape index (κ2) is 6.43. The Morgan fingerprint density at radius 3 is 2.39 bits per heavy atom. The molecule has 0 heterocycles. The molecule has 0 fully saturated rings. The normalized spacial score (nSPS) is 11.4. The van der Waals surface area contributed by atoms with Gasteiger partial charge in [-0.3, -0.25) is 4.79 Å². The molecule has 2 nitrogen and oxygen atoms in total. The molecule has 0 aliphatic heterocycles. The monoisotopic (exact) mass is 344 g/mol. The van der Waals surface area contributed by atoms with Gasteiger partial charge in [0.1, 0.15) is 11.5 Å². The molecule has 0 N–H and O–H groups in total. The van der Waals surface area contributed by atoms with Crippen molar-refractivity contribution in [2.24, 2.45) is 0 Å². The summed E-state index contributed by atoms with van der Waals surface area (Å²) in [7, 11) is 0. The third-order valence-corrected chi connectivity index (χ3v) is 2.90. The molecule has 0 aliphatic rings. The molecule has 1 aromatic rings. The minimum atomic E-state index is -4.76. The first-order valence-corrected chi connectivity index (χ1v) is 6.52. The first-order chi connectivity index (χ1) is 8.34. The van der Waals surface area contributed by atoms with Crippen LogP contribution < -0.4 is 4.74 Å². The average Bonchev–Trinajstić information content (AvgIpc) is 2.26. The number of ether oxygens (including phenoxy) is 1. The maximum atomic E-state index is 12.1. The second-order valence-corrected chi connectivity index (χ2v) is 4.34. The minimum Gasteiger partial charge on any atom is -0.406 e. The highest BCUT2D eigenvalue weighted by Crippen LogP contribution is 2.26. The summed E-state index contributed by atoms with van der Waals surface area (Å²) in [5.74, 6) is -0.456. The van der Waals surface area contributed by atoms with E-state index in [0.717, 1.165) is 0 Å². The number of hydrogen-bond acceptors (Lipinski definition) is 2. The highest BCUT2D eigenvalue weighted by molar-refractivity contribution is 9.09. The minimum absolute atomic E-state index is 0.0319. The molecule has 1 rings (SSSR count). The first-order valence-electron chi connectivity index (χ1n) is 4.86. The fourth-order valence-corrected chi connectivity index (χ4v) is 1.73. The summed E-state index contributed by atoms with van der Waals surface area (Å²) < 4.78 is 40.1. The van der Waals surface area contributed by atoms with Crippen molar-refractivity contribution in [2.75, 3.05) is 5.33 Å². The van der Waals surface area contributed by atoms with E-state index in [1.807, 2.05) is 0 Å². The van der Waals surface area contributed by atoms with Crippen molar-refractivity contribution in [3.63, 3.8) is 0 Å². The number of ketones is 1. The van der Waals surface area contributed by atoms with Crippen LogP contribution in [0.2, 0.25) is 0 Å². The van der Waals surface area contributed by atoms with E-state index in [2.05, 4.69) is 20.7 Å². The number of Topliss-reactive ketones (excluding diaryl/α,β-unsaturated/α-hetero) is 1. The van der Waals surface area contributed by atoms with Gasteiger partial charge in [-0.15, -0.1) is 24.8 Å². The van der Waals surface area contributed by atoms with Gasteiger partial charge >= 0.3 is 6.36 Å². The molecule has 0 saturated heterocycles. The molecule has 0 aromatic heterocycles. The summed E-state index contributed by atoms with van der Waals surface area (Å²) >= 11 is 8.57. The lowest BCUT2D eigenvalue weighted by Gasteiger charge is -2.11. The van der Waals surface area contributed by atoms with Crippen molar-refractivity contribution in [1.29, 1.82) is 0 Å². The Kier molecular flexibility index (Phi) is 5.47. The fourth-order valence-electron chi connectivity index (χ4n) is 1.38. The first kappa shape index (κ1) is 15.3. The Bertz CT molecular complexity index is 435. The molecule has 0 spiro atoms. The lowest BCUT2D eigenvalue weighted by molar-refractivity contribution is -0.274. The largest absolute Gasteiger partial charge is 0.573 e. The molecule has 18 heavy (non-hydrogen) atoms. The fraction of sp³-hybridized carbons (Fsp3) is 0.364. The predicted molar refractivity (Wildman–Crippen MR) is 65.2 cm³/mol. The Balaban J connectivity index is 2.98. The van der Waals surface area contributed by atoms with E-state index in [4.69, 9.17) is 11.6 Å². The lowest BCUT2D eigenvalue weighted by atomic mass is 10.1. The molecular weight excluding hydrogens is 336 g/mol. The maximum Gasteiger partial charge on any atom is 0.573 e. The third kappa shape index (κ3) is 5.27. The van der Waals surface area contributed by atoms with Crippen molar-refractivity contribution in [2.45, 2.75) is 18.7 Å². The van der Waals surface area contributed by atoms with Crippen LogP contribution in [0.3, 0.4) is 0 Å². The van der Waals surface area contributed by atoms with Crippen LogP contribution >= 0.6 is 27.5 Å². The standard InChI is InChI=1S/C11H9BrClF3O2/c12-5-9(17)2-7-1-8(6-13)4-10(3-7)18-11(14,15)16/h1,3-4H,2,5-6H2. The summed E-state index contributed by atoms with van der Waals surface area (Å²) in [5, 5.41) is 0.146. The van der Waals surface area contributed by atoms with Crippen LogP contribution in [0.15, 0.2) is 18.2 Å². The summed E-state index contributed by atoms with van der Waals surface area (Å²) in [5.41, 5.74) is 0.910. The third-order valence-electron chi connectivity index (χ3n) is 1.96. The number of hydrogen-bond donors (Lipinski definition) is 0. The van der Waals surface area contributed by atoms with Crippen LogP contribution in [0.25, 0.3) is 0 Å². The van der Waals surface area contributed by atoms with Crippen LogP contribution in [0.1, 0.15) is 11.1 Å². The van der Waals surface area contributed by atoms with Crippen molar-refractivity contribution < 1.29 is 22.7 Å². The van der Waals surface area contributed by atoms with E-state index in [1.54, 1.807) is 6.07 Å². The topological polar surface area (TPSA) is 26.3 Å². The number of carbonyl (C=O) groups excluding carboxylic acids is 1. The van der Waals surface area contributed by atoms with Gasteiger partial charge in [-0.2, -0.15) is 0 Å². The zero-order valence-electron chi connectivity index (χ0n) is 9.06. The number of benzene rings is 1. The van der Waals surface area contributed by atoms with Crippen LogP contribution in [-0.4, -0.2) is 17.5 Å². The molecule has 0 saturated carbocycles. The van der Waals surface area contributed by atoms with Crippen molar-refractivity contribution in [3.8, 4) is 5.75 Å². The molecule has 1 aromatic carbocycles. The van der Waals surface area contributed by atoms with Gasteiger partial charge in [-0.05, 0) is 23.3 Å². The molecule has 7 heteroatoms. The van der Waals surface area contributed by atoms with Gasteiger partial charge in [0.2, 0.25) is 0 Å². The number of alkyl halides is 5. The Morgan fingerprint density at radius 1 is 1.28 bits per heavy atom. The van der Waals surface area contributed by atoms with Crippen LogP contribution in [0, 0.1) is 0 Å². The van der Waals surface area contributed by atoms with Crippen LogP contribution in [0.5, 0.6) is 5.75 Å². The molecule has 0 atom stereocenters. The van der Waals surface area contributed by atoms with Gasteiger partial charge in [0, 0.05) is 12.3 Å². The van der Waals surface area contributed by atoms with Gasteiger partial charge in [0.05, 0.1) is 5.33 Å². The van der Waals surface area contributed by atoms with Gasteiger partial charge < -0.3 is 4.74 Å². The number of carbonyl (C=O) groups is 1. The molecule has 0 amide bonds. The molecule has 0 bridgehead atoms. The summed E-state index contributed by atoms with van der Waals surface area (Å²) in [6.45, 7) is 0. The van der Waals surface area contributed by atoms with Gasteiger partial charge in [0.25, 0.3) is 0 Å². The molecule has 0 radical (unpaired) electrons. The van der Waals surface area contributed by atoms with E-state index in [1.165, 1.54) is 12.1 Å². The van der Waals surface area contributed by atoms with Crippen molar-refractivity contribution >= 4 is 33.3 Å². The SMILES string of the molecule is O=C(CBr)Cc1cc(CCl)cc(OC(F)(F)F)c1. The van der Waals surface area contributed by atoms with E-state index in [0.29, 0.717) is 11.1 Å². The van der Waals surface area contributed by atoms with E-state index < -0.39 is 6.36 Å². The van der Waals surface area contributed by atoms with Gasteiger partial charge in [-0.25, -0.2) is 0 Å². The van der Waals surface area contributed by atoms with Crippen LogP contribution in [0.4, 0.5) is 13.2 Å². The zero-order valence-corrected chi connectivity index (χ0v) is 11.4. The quantitative estimate of drug-likeness (QED) is 0.758. The maximum absolute atomic E-state index is 12.1. The molecule has 0 aliphatic carbocycles. The Morgan fingerprint density at radius 2 is 1.89 bits per heavy atom. The van der Waals surface area contributed by atoms with E-state index >= 15 is 0 Å².